The Bertz CT molecular complexity index is 759. The van der Waals surface area contributed by atoms with Crippen molar-refractivity contribution in [3.05, 3.63) is 10.5 Å². The minimum Gasteiger partial charge on any atom is -0.382 e. The zero-order valence-corrected chi connectivity index (χ0v) is 15.1. The summed E-state index contributed by atoms with van der Waals surface area (Å²) in [6.07, 6.45) is 2.12. The van der Waals surface area contributed by atoms with Gasteiger partial charge in [-0.2, -0.15) is 9.97 Å². The van der Waals surface area contributed by atoms with Crippen LogP contribution in [0.25, 0.3) is 11.2 Å². The van der Waals surface area contributed by atoms with Crippen LogP contribution in [0.3, 0.4) is 0 Å². The SMILES string of the molecule is CCCCNc1nc(N)c2[nH]c(=O)n(CCN3CCN(C)CC3)c2n1. The maximum atomic E-state index is 12.3. The van der Waals surface area contributed by atoms with Gasteiger partial charge in [0, 0.05) is 45.8 Å². The molecular formula is C16H28N8O. The number of hydrogen-bond donors (Lipinski definition) is 3. The molecule has 4 N–H and O–H groups in total. The monoisotopic (exact) mass is 348 g/mol. The molecule has 1 aliphatic heterocycles. The number of nitrogen functional groups attached to an aromatic ring is 1. The quantitative estimate of drug-likeness (QED) is 0.612. The summed E-state index contributed by atoms with van der Waals surface area (Å²) in [7, 11) is 2.13. The predicted octanol–water partition coefficient (Wildman–Crippen LogP) is 0.161. The Morgan fingerprint density at radius 2 is 1.96 bits per heavy atom. The fourth-order valence-electron chi connectivity index (χ4n) is 3.03. The number of aromatic amines is 1. The van der Waals surface area contributed by atoms with E-state index in [2.05, 4.69) is 44.0 Å². The van der Waals surface area contributed by atoms with Crippen LogP contribution in [0.5, 0.6) is 0 Å². The molecule has 0 radical (unpaired) electrons. The first-order chi connectivity index (χ1) is 12.1. The summed E-state index contributed by atoms with van der Waals surface area (Å²) in [6, 6.07) is 0. The number of fused-ring (bicyclic) bond motifs is 1. The molecule has 0 amide bonds. The van der Waals surface area contributed by atoms with Crippen molar-refractivity contribution < 1.29 is 0 Å². The highest BCUT2D eigenvalue weighted by Gasteiger charge is 2.17. The van der Waals surface area contributed by atoms with E-state index in [4.69, 9.17) is 5.73 Å². The zero-order chi connectivity index (χ0) is 17.8. The largest absolute Gasteiger partial charge is 0.382 e. The second-order valence-electron chi connectivity index (χ2n) is 6.64. The third-order valence-corrected chi connectivity index (χ3v) is 4.70. The van der Waals surface area contributed by atoms with E-state index in [9.17, 15) is 4.79 Å². The fourth-order valence-corrected chi connectivity index (χ4v) is 3.03. The number of likely N-dealkylation sites (N-methyl/N-ethyl adjacent to an activating group) is 1. The van der Waals surface area contributed by atoms with Crippen LogP contribution in [-0.2, 0) is 6.54 Å². The van der Waals surface area contributed by atoms with Gasteiger partial charge < -0.3 is 20.9 Å². The number of piperazine rings is 1. The molecule has 9 nitrogen and oxygen atoms in total. The lowest BCUT2D eigenvalue weighted by Crippen LogP contribution is -2.45. The summed E-state index contributed by atoms with van der Waals surface area (Å²) in [5, 5.41) is 3.18. The number of aromatic nitrogens is 4. The Balaban J connectivity index is 1.77. The summed E-state index contributed by atoms with van der Waals surface area (Å²) in [5.74, 6) is 0.783. The molecule has 0 aromatic carbocycles. The van der Waals surface area contributed by atoms with Crippen molar-refractivity contribution in [1.82, 2.24) is 29.3 Å². The lowest BCUT2D eigenvalue weighted by atomic mass is 10.3. The van der Waals surface area contributed by atoms with E-state index in [0.29, 0.717) is 29.5 Å². The number of imidazole rings is 1. The summed E-state index contributed by atoms with van der Waals surface area (Å²) < 4.78 is 1.66. The van der Waals surface area contributed by atoms with Crippen molar-refractivity contribution in [3.8, 4) is 0 Å². The molecule has 3 rings (SSSR count). The number of nitrogens with zero attached hydrogens (tertiary/aromatic N) is 5. The topological polar surface area (TPSA) is 108 Å². The molecule has 2 aromatic heterocycles. The van der Waals surface area contributed by atoms with Gasteiger partial charge in [0.15, 0.2) is 11.5 Å². The minimum absolute atomic E-state index is 0.184. The second kappa shape index (κ2) is 7.83. The molecule has 1 fully saturated rings. The van der Waals surface area contributed by atoms with Gasteiger partial charge in [0.1, 0.15) is 5.52 Å². The average Bonchev–Trinajstić information content (AvgIpc) is 2.91. The van der Waals surface area contributed by atoms with Crippen molar-refractivity contribution in [2.75, 3.05) is 57.4 Å². The number of nitrogens with two attached hydrogens (primary N) is 1. The van der Waals surface area contributed by atoms with Crippen molar-refractivity contribution in [3.63, 3.8) is 0 Å². The molecule has 25 heavy (non-hydrogen) atoms. The summed E-state index contributed by atoms with van der Waals surface area (Å²) in [4.78, 5) is 28.5. The van der Waals surface area contributed by atoms with E-state index >= 15 is 0 Å². The van der Waals surface area contributed by atoms with Crippen LogP contribution in [0.4, 0.5) is 11.8 Å². The first kappa shape index (κ1) is 17.7. The van der Waals surface area contributed by atoms with Gasteiger partial charge in [0.05, 0.1) is 0 Å². The molecule has 1 aliphatic rings. The third-order valence-electron chi connectivity index (χ3n) is 4.70. The van der Waals surface area contributed by atoms with E-state index in [1.807, 2.05) is 0 Å². The van der Waals surface area contributed by atoms with Crippen LogP contribution in [0.1, 0.15) is 19.8 Å². The second-order valence-corrected chi connectivity index (χ2v) is 6.64. The van der Waals surface area contributed by atoms with Crippen LogP contribution >= 0.6 is 0 Å². The van der Waals surface area contributed by atoms with Crippen molar-refractivity contribution in [2.24, 2.45) is 0 Å². The first-order valence-electron chi connectivity index (χ1n) is 8.99. The molecule has 0 saturated carbocycles. The average molecular weight is 348 g/mol. The van der Waals surface area contributed by atoms with Crippen LogP contribution in [-0.4, -0.2) is 75.6 Å². The molecule has 0 atom stereocenters. The highest BCUT2D eigenvalue weighted by Crippen LogP contribution is 2.16. The zero-order valence-electron chi connectivity index (χ0n) is 15.1. The lowest BCUT2D eigenvalue weighted by molar-refractivity contribution is 0.150. The lowest BCUT2D eigenvalue weighted by Gasteiger charge is -2.32. The molecule has 0 unspecified atom stereocenters. The summed E-state index contributed by atoms with van der Waals surface area (Å²) in [5.41, 5.74) is 6.92. The smallest absolute Gasteiger partial charge is 0.327 e. The van der Waals surface area contributed by atoms with Gasteiger partial charge in [-0.1, -0.05) is 13.3 Å². The summed E-state index contributed by atoms with van der Waals surface area (Å²) >= 11 is 0. The Kier molecular flexibility index (Phi) is 5.54. The van der Waals surface area contributed by atoms with Gasteiger partial charge in [-0.3, -0.25) is 9.47 Å². The fraction of sp³-hybridized carbons (Fsp3) is 0.688. The van der Waals surface area contributed by atoms with Gasteiger partial charge in [-0.05, 0) is 13.5 Å². The Hall–Kier alpha value is -2.13. The van der Waals surface area contributed by atoms with Gasteiger partial charge in [-0.25, -0.2) is 4.79 Å². The van der Waals surface area contributed by atoms with Crippen molar-refractivity contribution in [2.45, 2.75) is 26.3 Å². The highest BCUT2D eigenvalue weighted by molar-refractivity contribution is 5.82. The maximum Gasteiger partial charge on any atom is 0.327 e. The number of unbranched alkanes of at least 4 members (excludes halogenated alkanes) is 1. The number of hydrogen-bond acceptors (Lipinski definition) is 7. The molecule has 2 aromatic rings. The number of nitrogens with one attached hydrogen (secondary N) is 2. The number of H-pyrrole nitrogens is 1. The maximum absolute atomic E-state index is 12.3. The Morgan fingerprint density at radius 1 is 1.20 bits per heavy atom. The highest BCUT2D eigenvalue weighted by atomic mass is 16.1. The number of rotatable bonds is 7. The molecular weight excluding hydrogens is 320 g/mol. The van der Waals surface area contributed by atoms with Gasteiger partial charge in [0.25, 0.3) is 0 Å². The third kappa shape index (κ3) is 4.10. The van der Waals surface area contributed by atoms with Crippen LogP contribution in [0, 0.1) is 0 Å². The molecule has 0 spiro atoms. The number of anilines is 2. The minimum atomic E-state index is -0.184. The van der Waals surface area contributed by atoms with Gasteiger partial charge >= 0.3 is 5.69 Å². The molecule has 9 heteroatoms. The normalized spacial score (nSPS) is 16.6. The van der Waals surface area contributed by atoms with Gasteiger partial charge in [-0.15, -0.1) is 0 Å². The van der Waals surface area contributed by atoms with Crippen molar-refractivity contribution >= 4 is 22.9 Å². The van der Waals surface area contributed by atoms with E-state index in [0.717, 1.165) is 52.1 Å². The molecule has 1 saturated heterocycles. The Morgan fingerprint density at radius 3 is 2.68 bits per heavy atom. The summed E-state index contributed by atoms with van der Waals surface area (Å²) in [6.45, 7) is 8.49. The predicted molar refractivity (Wildman–Crippen MR) is 99.9 cm³/mol. The standard InChI is InChI=1S/C16H28N8O/c1-3-4-5-18-15-20-13(17)12-14(21-15)24(16(25)19-12)11-10-23-8-6-22(2)7-9-23/h3-11H2,1-2H3,(H,19,25)(H3,17,18,20,21). The molecule has 0 aliphatic carbocycles. The van der Waals surface area contributed by atoms with E-state index < -0.39 is 0 Å². The van der Waals surface area contributed by atoms with Crippen molar-refractivity contribution in [1.29, 1.82) is 0 Å². The first-order valence-corrected chi connectivity index (χ1v) is 8.99. The van der Waals surface area contributed by atoms with Crippen LogP contribution in [0.15, 0.2) is 4.79 Å². The van der Waals surface area contributed by atoms with E-state index in [1.165, 1.54) is 0 Å². The van der Waals surface area contributed by atoms with Crippen LogP contribution < -0.4 is 16.7 Å². The molecule has 3 heterocycles. The molecule has 0 bridgehead atoms. The van der Waals surface area contributed by atoms with Gasteiger partial charge in [0.2, 0.25) is 5.95 Å². The van der Waals surface area contributed by atoms with E-state index in [1.54, 1.807) is 4.57 Å². The van der Waals surface area contributed by atoms with Crippen LogP contribution in [0.2, 0.25) is 0 Å². The Labute approximate surface area is 147 Å². The van der Waals surface area contributed by atoms with E-state index in [-0.39, 0.29) is 5.69 Å². The molecule has 138 valence electrons.